The van der Waals surface area contributed by atoms with Gasteiger partial charge in [0.05, 0.1) is 19.0 Å². The Morgan fingerprint density at radius 2 is 1.97 bits per heavy atom. The number of anilines is 1. The van der Waals surface area contributed by atoms with Gasteiger partial charge >= 0.3 is 0 Å². The Morgan fingerprint density at radius 3 is 2.69 bits per heavy atom. The smallest absolute Gasteiger partial charge is 0.230 e. The molecule has 0 bridgehead atoms. The summed E-state index contributed by atoms with van der Waals surface area (Å²) in [4.78, 5) is 14.5. The molecule has 1 fully saturated rings. The van der Waals surface area contributed by atoms with Crippen molar-refractivity contribution in [3.8, 4) is 0 Å². The molecule has 0 saturated carbocycles. The van der Waals surface area contributed by atoms with Crippen LogP contribution in [0.3, 0.4) is 0 Å². The summed E-state index contributed by atoms with van der Waals surface area (Å²) in [5, 5.41) is 12.6. The van der Waals surface area contributed by atoms with E-state index in [1.807, 2.05) is 18.2 Å². The van der Waals surface area contributed by atoms with Crippen molar-refractivity contribution in [1.29, 1.82) is 0 Å². The molecule has 2 heterocycles. The number of carbonyl (C=O) groups is 1. The Balaban J connectivity index is 1.48. The van der Waals surface area contributed by atoms with E-state index in [4.69, 9.17) is 4.74 Å². The molecule has 29 heavy (non-hydrogen) atoms. The number of nitrogens with zero attached hydrogens (tertiary/aromatic N) is 4. The Hall–Kier alpha value is -2.06. The van der Waals surface area contributed by atoms with E-state index in [1.165, 1.54) is 17.3 Å². The highest BCUT2D eigenvalue weighted by Gasteiger charge is 2.21. The lowest BCUT2D eigenvalue weighted by Gasteiger charge is -2.28. The number of aromatic nitrogens is 3. The summed E-state index contributed by atoms with van der Waals surface area (Å²) in [5.41, 5.74) is 1.30. The summed E-state index contributed by atoms with van der Waals surface area (Å²) in [6.45, 7) is 8.94. The van der Waals surface area contributed by atoms with Crippen LogP contribution in [-0.2, 0) is 22.5 Å². The highest BCUT2D eigenvalue weighted by molar-refractivity contribution is 7.99. The molecular weight excluding hydrogens is 386 g/mol. The average molecular weight is 418 g/mol. The minimum atomic E-state index is 0.0371. The molecular formula is C21H31N5O2S. The summed E-state index contributed by atoms with van der Waals surface area (Å²) in [5.74, 6) is 1.74. The van der Waals surface area contributed by atoms with Crippen molar-refractivity contribution in [2.75, 3.05) is 43.5 Å². The van der Waals surface area contributed by atoms with E-state index < -0.39 is 0 Å². The normalized spacial score (nSPS) is 14.4. The third kappa shape index (κ3) is 6.75. The summed E-state index contributed by atoms with van der Waals surface area (Å²) in [6, 6.07) is 10.3. The molecule has 1 aliphatic rings. The second kappa shape index (κ2) is 11.2. The molecule has 1 aliphatic heterocycles. The van der Waals surface area contributed by atoms with Crippen LogP contribution >= 0.6 is 11.8 Å². The zero-order valence-corrected chi connectivity index (χ0v) is 18.2. The number of morpholine rings is 1. The van der Waals surface area contributed by atoms with Gasteiger partial charge < -0.3 is 15.0 Å². The van der Waals surface area contributed by atoms with Gasteiger partial charge in [0.2, 0.25) is 11.9 Å². The van der Waals surface area contributed by atoms with Crippen LogP contribution < -0.4 is 10.2 Å². The van der Waals surface area contributed by atoms with Gasteiger partial charge in [-0.15, -0.1) is 10.2 Å². The molecule has 0 spiro atoms. The fraction of sp³-hybridized carbons (Fsp3) is 0.571. The maximum atomic E-state index is 12.3. The molecule has 158 valence electrons. The molecule has 1 N–H and O–H groups in total. The van der Waals surface area contributed by atoms with Crippen molar-refractivity contribution in [2.45, 2.75) is 38.4 Å². The highest BCUT2D eigenvalue weighted by atomic mass is 32.2. The van der Waals surface area contributed by atoms with E-state index in [0.717, 1.165) is 43.6 Å². The second-order valence-corrected chi connectivity index (χ2v) is 8.56. The minimum absolute atomic E-state index is 0.0371. The molecule has 3 rings (SSSR count). The number of ether oxygens (including phenoxy) is 1. The van der Waals surface area contributed by atoms with E-state index in [-0.39, 0.29) is 5.91 Å². The van der Waals surface area contributed by atoms with Crippen molar-refractivity contribution in [1.82, 2.24) is 20.1 Å². The van der Waals surface area contributed by atoms with Crippen molar-refractivity contribution in [3.63, 3.8) is 0 Å². The highest BCUT2D eigenvalue weighted by Crippen LogP contribution is 2.24. The van der Waals surface area contributed by atoms with Gasteiger partial charge in [-0.05, 0) is 24.3 Å². The molecule has 0 atom stereocenters. The Bertz CT molecular complexity index is 760. The first kappa shape index (κ1) is 21.6. The van der Waals surface area contributed by atoms with Gasteiger partial charge in [-0.25, -0.2) is 0 Å². The first-order valence-electron chi connectivity index (χ1n) is 10.3. The van der Waals surface area contributed by atoms with Gasteiger partial charge in [0.1, 0.15) is 0 Å². The number of aryl methyl sites for hydroxylation is 1. The van der Waals surface area contributed by atoms with E-state index in [9.17, 15) is 4.79 Å². The summed E-state index contributed by atoms with van der Waals surface area (Å²) >= 11 is 1.46. The van der Waals surface area contributed by atoms with Crippen molar-refractivity contribution in [2.24, 2.45) is 5.92 Å². The van der Waals surface area contributed by atoms with Gasteiger partial charge in [0.25, 0.3) is 0 Å². The number of nitrogens with one attached hydrogen (secondary N) is 1. The van der Waals surface area contributed by atoms with Crippen LogP contribution in [0.1, 0.15) is 25.8 Å². The number of hydrogen-bond acceptors (Lipinski definition) is 6. The topological polar surface area (TPSA) is 72.3 Å². The lowest BCUT2D eigenvalue weighted by molar-refractivity contribution is -0.118. The second-order valence-electron chi connectivity index (χ2n) is 7.61. The molecule has 0 aliphatic carbocycles. The molecule has 2 aromatic rings. The minimum Gasteiger partial charge on any atom is -0.378 e. The Labute approximate surface area is 177 Å². The molecule has 0 radical (unpaired) electrons. The molecule has 1 aromatic carbocycles. The molecule has 1 aromatic heterocycles. The molecule has 1 saturated heterocycles. The van der Waals surface area contributed by atoms with E-state index in [2.05, 4.69) is 51.0 Å². The van der Waals surface area contributed by atoms with Crippen LogP contribution in [-0.4, -0.2) is 59.3 Å². The van der Waals surface area contributed by atoms with Crippen LogP contribution in [0, 0.1) is 5.92 Å². The van der Waals surface area contributed by atoms with Gasteiger partial charge in [-0.2, -0.15) is 0 Å². The SMILES string of the molecule is CC(C)Cn1c(SCC(=O)NCCCc2ccccc2)nnc1N1CCOCC1. The Kier molecular flexibility index (Phi) is 8.37. The number of rotatable bonds is 10. The van der Waals surface area contributed by atoms with Crippen molar-refractivity contribution in [3.05, 3.63) is 35.9 Å². The molecule has 8 heteroatoms. The Morgan fingerprint density at radius 1 is 1.21 bits per heavy atom. The largest absolute Gasteiger partial charge is 0.378 e. The fourth-order valence-electron chi connectivity index (χ4n) is 3.26. The van der Waals surface area contributed by atoms with Crippen LogP contribution in [0.4, 0.5) is 5.95 Å². The first-order valence-corrected chi connectivity index (χ1v) is 11.3. The standard InChI is InChI=1S/C21H31N5O2S/c1-17(2)15-26-20(25-11-13-28-14-12-25)23-24-21(26)29-16-19(27)22-10-6-9-18-7-4-3-5-8-18/h3-5,7-8,17H,6,9-16H2,1-2H3,(H,22,27). The fourth-order valence-corrected chi connectivity index (χ4v) is 4.03. The average Bonchev–Trinajstić information content (AvgIpc) is 3.13. The van der Waals surface area contributed by atoms with Gasteiger partial charge in [-0.3, -0.25) is 9.36 Å². The number of amides is 1. The number of benzene rings is 1. The summed E-state index contributed by atoms with van der Waals surface area (Å²) in [6.07, 6.45) is 1.91. The first-order chi connectivity index (χ1) is 14.1. The van der Waals surface area contributed by atoms with Gasteiger partial charge in [0, 0.05) is 26.2 Å². The third-order valence-electron chi connectivity index (χ3n) is 4.68. The van der Waals surface area contributed by atoms with E-state index in [0.29, 0.717) is 31.4 Å². The predicted octanol–water partition coefficient (Wildman–Crippen LogP) is 2.61. The van der Waals surface area contributed by atoms with Crippen LogP contribution in [0.2, 0.25) is 0 Å². The van der Waals surface area contributed by atoms with E-state index >= 15 is 0 Å². The van der Waals surface area contributed by atoms with E-state index in [1.54, 1.807) is 0 Å². The maximum absolute atomic E-state index is 12.3. The van der Waals surface area contributed by atoms with Crippen molar-refractivity contribution < 1.29 is 9.53 Å². The lowest BCUT2D eigenvalue weighted by atomic mass is 10.1. The molecule has 1 amide bonds. The van der Waals surface area contributed by atoms with Gasteiger partial charge in [-0.1, -0.05) is 55.9 Å². The molecule has 7 nitrogen and oxygen atoms in total. The van der Waals surface area contributed by atoms with Crippen LogP contribution in [0.25, 0.3) is 0 Å². The maximum Gasteiger partial charge on any atom is 0.230 e. The zero-order chi connectivity index (χ0) is 20.5. The summed E-state index contributed by atoms with van der Waals surface area (Å²) < 4.78 is 7.59. The third-order valence-corrected chi connectivity index (χ3v) is 5.65. The van der Waals surface area contributed by atoms with Crippen LogP contribution in [0.15, 0.2) is 35.5 Å². The van der Waals surface area contributed by atoms with Crippen molar-refractivity contribution >= 4 is 23.6 Å². The number of carbonyl (C=O) groups excluding carboxylic acids is 1. The number of hydrogen-bond donors (Lipinski definition) is 1. The quantitative estimate of drug-likeness (QED) is 0.473. The van der Waals surface area contributed by atoms with Crippen LogP contribution in [0.5, 0.6) is 0 Å². The molecule has 0 unspecified atom stereocenters. The monoisotopic (exact) mass is 417 g/mol. The summed E-state index contributed by atoms with van der Waals surface area (Å²) in [7, 11) is 0. The predicted molar refractivity (Wildman–Crippen MR) is 116 cm³/mol. The zero-order valence-electron chi connectivity index (χ0n) is 17.3. The van der Waals surface area contributed by atoms with Gasteiger partial charge in [0.15, 0.2) is 5.16 Å². The lowest BCUT2D eigenvalue weighted by Crippen LogP contribution is -2.38. The number of thioether (sulfide) groups is 1.